The van der Waals surface area contributed by atoms with Gasteiger partial charge in [-0.2, -0.15) is 0 Å². The van der Waals surface area contributed by atoms with Gasteiger partial charge in [-0.05, 0) is 18.8 Å². The molecule has 0 aliphatic rings. The molecule has 2 unspecified atom stereocenters. The van der Waals surface area contributed by atoms with Crippen LogP contribution in [0.5, 0.6) is 0 Å². The van der Waals surface area contributed by atoms with Crippen LogP contribution in [0.25, 0.3) is 0 Å². The first kappa shape index (κ1) is 14.9. The van der Waals surface area contributed by atoms with Crippen molar-refractivity contribution >= 4 is 21.9 Å². The van der Waals surface area contributed by atoms with Crippen LogP contribution in [-0.2, 0) is 4.79 Å². The lowest BCUT2D eigenvalue weighted by atomic mass is 9.93. The lowest BCUT2D eigenvalue weighted by Gasteiger charge is -2.17. The first-order chi connectivity index (χ1) is 7.10. The monoisotopic (exact) mass is 278 g/mol. The Bertz CT molecular complexity index is 171. The van der Waals surface area contributed by atoms with Crippen molar-refractivity contribution < 1.29 is 9.90 Å². The predicted octanol–water partition coefficient (Wildman–Crippen LogP) is 4.22. The van der Waals surface area contributed by atoms with Crippen molar-refractivity contribution in [2.75, 3.05) is 0 Å². The molecule has 0 aromatic rings. The fourth-order valence-electron chi connectivity index (χ4n) is 1.74. The van der Waals surface area contributed by atoms with Crippen molar-refractivity contribution in [3.05, 3.63) is 0 Å². The summed E-state index contributed by atoms with van der Waals surface area (Å²) in [6, 6.07) is 0. The molecule has 0 saturated heterocycles. The molecule has 0 heterocycles. The number of carboxylic acids is 1. The van der Waals surface area contributed by atoms with Crippen molar-refractivity contribution in [2.45, 2.75) is 63.6 Å². The van der Waals surface area contributed by atoms with Gasteiger partial charge in [0, 0.05) is 11.2 Å². The van der Waals surface area contributed by atoms with E-state index in [2.05, 4.69) is 29.8 Å². The fourth-order valence-corrected chi connectivity index (χ4v) is 2.50. The van der Waals surface area contributed by atoms with Gasteiger partial charge in [0.1, 0.15) is 0 Å². The molecular formula is C12H23BrO2. The van der Waals surface area contributed by atoms with Crippen LogP contribution >= 0.6 is 15.9 Å². The first-order valence-corrected chi connectivity index (χ1v) is 6.87. The minimum Gasteiger partial charge on any atom is -0.481 e. The maximum Gasteiger partial charge on any atom is 0.303 e. The Kier molecular flexibility index (Phi) is 9.17. The van der Waals surface area contributed by atoms with E-state index >= 15 is 0 Å². The molecule has 0 spiro atoms. The Morgan fingerprint density at radius 1 is 1.33 bits per heavy atom. The molecule has 15 heavy (non-hydrogen) atoms. The summed E-state index contributed by atoms with van der Waals surface area (Å²) in [5.74, 6) is 0.0594. The van der Waals surface area contributed by atoms with Gasteiger partial charge in [0.25, 0.3) is 0 Å². The summed E-state index contributed by atoms with van der Waals surface area (Å²) in [7, 11) is 0. The molecule has 0 aromatic heterocycles. The van der Waals surface area contributed by atoms with E-state index in [0.717, 1.165) is 18.8 Å². The number of rotatable bonds is 9. The summed E-state index contributed by atoms with van der Waals surface area (Å²) >= 11 is 3.58. The third-order valence-corrected chi connectivity index (χ3v) is 3.64. The maximum absolute atomic E-state index is 10.4. The molecule has 0 bridgehead atoms. The van der Waals surface area contributed by atoms with Crippen LogP contribution in [0.1, 0.15) is 58.8 Å². The van der Waals surface area contributed by atoms with Gasteiger partial charge in [-0.15, -0.1) is 0 Å². The number of hydrogen-bond donors (Lipinski definition) is 1. The third kappa shape index (κ3) is 8.91. The molecule has 0 aliphatic carbocycles. The number of hydrogen-bond acceptors (Lipinski definition) is 1. The first-order valence-electron chi connectivity index (χ1n) is 5.95. The van der Waals surface area contributed by atoms with Crippen LogP contribution in [0.4, 0.5) is 0 Å². The van der Waals surface area contributed by atoms with Gasteiger partial charge in [-0.25, -0.2) is 0 Å². The minimum absolute atomic E-state index is 0.278. The summed E-state index contributed by atoms with van der Waals surface area (Å²) in [4.78, 5) is 10.8. The van der Waals surface area contributed by atoms with Gasteiger partial charge in [0.2, 0.25) is 0 Å². The number of aliphatic carboxylic acids is 1. The van der Waals surface area contributed by atoms with Gasteiger partial charge >= 0.3 is 5.97 Å². The number of carboxylic acid groups (broad SMARTS) is 1. The van der Waals surface area contributed by atoms with Crippen molar-refractivity contribution in [1.29, 1.82) is 0 Å². The molecule has 3 heteroatoms. The Hall–Kier alpha value is -0.0500. The lowest BCUT2D eigenvalue weighted by Crippen LogP contribution is -2.10. The summed E-state index contributed by atoms with van der Waals surface area (Å²) in [5, 5.41) is 8.57. The second-order valence-corrected chi connectivity index (χ2v) is 5.48. The van der Waals surface area contributed by atoms with E-state index in [4.69, 9.17) is 5.11 Å². The summed E-state index contributed by atoms with van der Waals surface area (Å²) in [6.07, 6.45) is 7.16. The van der Waals surface area contributed by atoms with E-state index in [-0.39, 0.29) is 6.42 Å². The second kappa shape index (κ2) is 9.20. The average Bonchev–Trinajstić information content (AvgIpc) is 2.21. The molecule has 0 fully saturated rings. The molecule has 0 amide bonds. The summed E-state index contributed by atoms with van der Waals surface area (Å²) in [6.45, 7) is 4.43. The molecule has 0 aromatic carbocycles. The zero-order valence-electron chi connectivity index (χ0n) is 9.84. The molecule has 0 radical (unpaired) electrons. The lowest BCUT2D eigenvalue weighted by molar-refractivity contribution is -0.137. The van der Waals surface area contributed by atoms with Crippen LogP contribution in [0.3, 0.4) is 0 Å². The van der Waals surface area contributed by atoms with Gasteiger partial charge in [-0.1, -0.05) is 55.5 Å². The quantitative estimate of drug-likeness (QED) is 0.641. The van der Waals surface area contributed by atoms with E-state index in [1.165, 1.54) is 25.7 Å². The largest absolute Gasteiger partial charge is 0.481 e. The number of carbonyl (C=O) groups is 1. The predicted molar refractivity (Wildman–Crippen MR) is 67.5 cm³/mol. The van der Waals surface area contributed by atoms with Gasteiger partial charge in [-0.3, -0.25) is 4.79 Å². The fraction of sp³-hybridized carbons (Fsp3) is 0.917. The highest BCUT2D eigenvalue weighted by molar-refractivity contribution is 9.09. The van der Waals surface area contributed by atoms with E-state index in [1.54, 1.807) is 0 Å². The van der Waals surface area contributed by atoms with Crippen molar-refractivity contribution in [2.24, 2.45) is 5.92 Å². The number of halogens is 1. The molecule has 90 valence electrons. The van der Waals surface area contributed by atoms with Crippen LogP contribution in [-0.4, -0.2) is 15.9 Å². The van der Waals surface area contributed by atoms with Crippen LogP contribution in [0.2, 0.25) is 0 Å². The zero-order valence-corrected chi connectivity index (χ0v) is 11.4. The summed E-state index contributed by atoms with van der Waals surface area (Å²) < 4.78 is 0. The SMILES string of the molecule is CCCCC(CC)CC(Br)CCC(=O)O. The standard InChI is InChI=1S/C12H23BrO2/c1-3-5-6-10(4-2)9-11(13)7-8-12(14)15/h10-11H,3-9H2,1-2H3,(H,14,15). The van der Waals surface area contributed by atoms with Gasteiger partial charge in [0.15, 0.2) is 0 Å². The number of unbranched alkanes of at least 4 members (excludes halogenated alkanes) is 1. The highest BCUT2D eigenvalue weighted by Gasteiger charge is 2.13. The zero-order chi connectivity index (χ0) is 11.7. The molecule has 2 atom stereocenters. The third-order valence-electron chi connectivity index (χ3n) is 2.80. The van der Waals surface area contributed by atoms with E-state index < -0.39 is 5.97 Å². The maximum atomic E-state index is 10.4. The number of alkyl halides is 1. The molecule has 0 saturated carbocycles. The molecule has 1 N–H and O–H groups in total. The molecule has 2 nitrogen and oxygen atoms in total. The Morgan fingerprint density at radius 2 is 2.00 bits per heavy atom. The minimum atomic E-state index is -0.693. The van der Waals surface area contributed by atoms with Gasteiger partial charge < -0.3 is 5.11 Å². The second-order valence-electron chi connectivity index (χ2n) is 4.18. The van der Waals surface area contributed by atoms with Crippen molar-refractivity contribution in [1.82, 2.24) is 0 Å². The normalized spacial score (nSPS) is 14.9. The van der Waals surface area contributed by atoms with Crippen molar-refractivity contribution in [3.8, 4) is 0 Å². The Labute approximate surface area is 102 Å². The van der Waals surface area contributed by atoms with E-state index in [1.807, 2.05) is 0 Å². The van der Waals surface area contributed by atoms with Crippen molar-refractivity contribution in [3.63, 3.8) is 0 Å². The van der Waals surface area contributed by atoms with E-state index in [0.29, 0.717) is 4.83 Å². The topological polar surface area (TPSA) is 37.3 Å². The van der Waals surface area contributed by atoms with Crippen LogP contribution in [0, 0.1) is 5.92 Å². The summed E-state index contributed by atoms with van der Waals surface area (Å²) in [5.41, 5.74) is 0. The smallest absolute Gasteiger partial charge is 0.303 e. The molecular weight excluding hydrogens is 256 g/mol. The van der Waals surface area contributed by atoms with Crippen LogP contribution < -0.4 is 0 Å². The van der Waals surface area contributed by atoms with Crippen LogP contribution in [0.15, 0.2) is 0 Å². The Morgan fingerprint density at radius 3 is 2.47 bits per heavy atom. The molecule has 0 aliphatic heterocycles. The molecule has 0 rings (SSSR count). The van der Waals surface area contributed by atoms with E-state index in [9.17, 15) is 4.79 Å². The highest BCUT2D eigenvalue weighted by atomic mass is 79.9. The average molecular weight is 279 g/mol. The highest BCUT2D eigenvalue weighted by Crippen LogP contribution is 2.24. The Balaban J connectivity index is 3.69. The van der Waals surface area contributed by atoms with Gasteiger partial charge in [0.05, 0.1) is 0 Å².